The van der Waals surface area contributed by atoms with Crippen molar-refractivity contribution in [3.05, 3.63) is 96.6 Å². The molecule has 0 bridgehead atoms. The molecule has 5 heteroatoms. The van der Waals surface area contributed by atoms with Crippen molar-refractivity contribution in [3.8, 4) is 22.6 Å². The van der Waals surface area contributed by atoms with Gasteiger partial charge in [0.25, 0.3) is 5.22 Å². The third-order valence-corrected chi connectivity index (χ3v) is 5.39. The Kier molecular flexibility index (Phi) is 5.26. The van der Waals surface area contributed by atoms with Gasteiger partial charge in [-0.15, -0.1) is 0 Å². The number of rotatable bonds is 6. The number of amides is 1. The Morgan fingerprint density at radius 3 is 1.93 bits per heavy atom. The average molecular weight is 386 g/mol. The number of oxazole rings is 1. The molecular formula is C23H18N2O2S. The molecule has 1 heterocycles. The second kappa shape index (κ2) is 8.15. The number of thioether (sulfide) groups is 1. The van der Waals surface area contributed by atoms with Crippen LogP contribution in [0.1, 0.15) is 10.8 Å². The number of benzene rings is 3. The summed E-state index contributed by atoms with van der Waals surface area (Å²) in [7, 11) is 0. The van der Waals surface area contributed by atoms with Gasteiger partial charge in [-0.3, -0.25) is 4.79 Å². The first-order valence-corrected chi connectivity index (χ1v) is 9.73. The molecule has 2 N–H and O–H groups in total. The van der Waals surface area contributed by atoms with Crippen LogP contribution in [0.2, 0.25) is 0 Å². The van der Waals surface area contributed by atoms with Gasteiger partial charge in [0.15, 0.2) is 5.76 Å². The Morgan fingerprint density at radius 1 is 0.821 bits per heavy atom. The van der Waals surface area contributed by atoms with Crippen LogP contribution in [0, 0.1) is 0 Å². The molecule has 1 atom stereocenters. The summed E-state index contributed by atoms with van der Waals surface area (Å²) < 4.78 is 6.10. The van der Waals surface area contributed by atoms with Crippen LogP contribution in [0.3, 0.4) is 0 Å². The molecule has 0 radical (unpaired) electrons. The van der Waals surface area contributed by atoms with Crippen LogP contribution in [0.15, 0.2) is 101 Å². The van der Waals surface area contributed by atoms with Crippen LogP contribution in [0.25, 0.3) is 22.6 Å². The molecule has 0 aliphatic carbocycles. The number of hydrogen-bond donors (Lipinski definition) is 1. The monoisotopic (exact) mass is 386 g/mol. The molecule has 28 heavy (non-hydrogen) atoms. The molecule has 0 saturated carbocycles. The summed E-state index contributed by atoms with van der Waals surface area (Å²) >= 11 is 1.22. The molecule has 0 saturated heterocycles. The lowest BCUT2D eigenvalue weighted by atomic mass is 10.1. The third-order valence-electron chi connectivity index (χ3n) is 4.27. The van der Waals surface area contributed by atoms with Crippen molar-refractivity contribution in [2.75, 3.05) is 0 Å². The van der Waals surface area contributed by atoms with Gasteiger partial charge in [-0.05, 0) is 17.3 Å². The van der Waals surface area contributed by atoms with Crippen LogP contribution >= 0.6 is 11.8 Å². The molecule has 3 aromatic carbocycles. The molecule has 138 valence electrons. The van der Waals surface area contributed by atoms with Gasteiger partial charge in [-0.1, -0.05) is 91.0 Å². The van der Waals surface area contributed by atoms with Gasteiger partial charge < -0.3 is 10.2 Å². The van der Waals surface area contributed by atoms with Gasteiger partial charge in [0, 0.05) is 11.1 Å². The van der Waals surface area contributed by atoms with E-state index < -0.39 is 11.2 Å². The fourth-order valence-electron chi connectivity index (χ4n) is 2.95. The maximum atomic E-state index is 12.1. The first kappa shape index (κ1) is 18.1. The van der Waals surface area contributed by atoms with Crippen molar-refractivity contribution in [2.45, 2.75) is 10.5 Å². The standard InChI is InChI=1S/C23H18N2O2S/c24-22(26)21(18-14-8-3-9-15-18)28-23-25-19(16-10-4-1-5-11-16)20(27-23)17-12-6-2-7-13-17/h1-15,21H,(H2,24,26)/t21-/m0/s1. The minimum atomic E-state index is -0.577. The van der Waals surface area contributed by atoms with Crippen LogP contribution in [0.4, 0.5) is 0 Å². The number of aromatic nitrogens is 1. The molecule has 4 nitrogen and oxygen atoms in total. The summed E-state index contributed by atoms with van der Waals surface area (Å²) in [4.78, 5) is 16.8. The van der Waals surface area contributed by atoms with Crippen LogP contribution < -0.4 is 5.73 Å². The molecule has 1 aromatic heterocycles. The minimum absolute atomic E-state index is 0.408. The van der Waals surface area contributed by atoms with Crippen molar-refractivity contribution < 1.29 is 9.21 Å². The predicted octanol–water partition coefficient (Wildman–Crippen LogP) is 5.33. The number of nitrogens with zero attached hydrogens (tertiary/aromatic N) is 1. The zero-order valence-corrected chi connectivity index (χ0v) is 15.8. The van der Waals surface area contributed by atoms with Gasteiger partial charge in [-0.2, -0.15) is 0 Å². The fourth-order valence-corrected chi connectivity index (χ4v) is 3.83. The predicted molar refractivity (Wildman–Crippen MR) is 112 cm³/mol. The van der Waals surface area contributed by atoms with Gasteiger partial charge in [-0.25, -0.2) is 4.98 Å². The van der Waals surface area contributed by atoms with E-state index in [-0.39, 0.29) is 0 Å². The Labute approximate surface area is 167 Å². The molecule has 0 aliphatic heterocycles. The fraction of sp³-hybridized carbons (Fsp3) is 0.0435. The first-order chi connectivity index (χ1) is 13.7. The molecule has 0 spiro atoms. The van der Waals surface area contributed by atoms with Crippen molar-refractivity contribution in [2.24, 2.45) is 5.73 Å². The zero-order chi connectivity index (χ0) is 19.3. The lowest BCUT2D eigenvalue weighted by molar-refractivity contribution is -0.117. The maximum absolute atomic E-state index is 12.1. The summed E-state index contributed by atoms with van der Waals surface area (Å²) in [6.45, 7) is 0. The summed E-state index contributed by atoms with van der Waals surface area (Å²) in [5, 5.41) is -0.169. The highest BCUT2D eigenvalue weighted by Gasteiger charge is 2.24. The second-order valence-corrected chi connectivity index (χ2v) is 7.26. The topological polar surface area (TPSA) is 69.1 Å². The molecule has 4 aromatic rings. The highest BCUT2D eigenvalue weighted by atomic mass is 32.2. The van der Waals surface area contributed by atoms with E-state index in [2.05, 4.69) is 0 Å². The van der Waals surface area contributed by atoms with Crippen molar-refractivity contribution in [1.29, 1.82) is 0 Å². The second-order valence-electron chi connectivity index (χ2n) is 6.20. The van der Waals surface area contributed by atoms with E-state index in [1.54, 1.807) is 0 Å². The van der Waals surface area contributed by atoms with E-state index in [0.29, 0.717) is 11.0 Å². The van der Waals surface area contributed by atoms with E-state index in [9.17, 15) is 4.79 Å². The number of nitrogens with two attached hydrogens (primary N) is 1. The van der Waals surface area contributed by atoms with E-state index in [4.69, 9.17) is 15.1 Å². The number of carbonyl (C=O) groups excluding carboxylic acids is 1. The van der Waals surface area contributed by atoms with Crippen LogP contribution in [-0.4, -0.2) is 10.9 Å². The molecule has 0 unspecified atom stereocenters. The van der Waals surface area contributed by atoms with E-state index in [0.717, 1.165) is 22.4 Å². The number of hydrogen-bond acceptors (Lipinski definition) is 4. The van der Waals surface area contributed by atoms with Crippen molar-refractivity contribution >= 4 is 17.7 Å². The first-order valence-electron chi connectivity index (χ1n) is 8.85. The van der Waals surface area contributed by atoms with E-state index in [1.807, 2.05) is 91.0 Å². The summed E-state index contributed by atoms with van der Waals surface area (Å²) in [5.74, 6) is 0.238. The Balaban J connectivity index is 1.76. The Hall–Kier alpha value is -3.31. The number of primary amides is 1. The Morgan fingerprint density at radius 2 is 1.36 bits per heavy atom. The normalized spacial score (nSPS) is 11.9. The van der Waals surface area contributed by atoms with Crippen molar-refractivity contribution in [3.63, 3.8) is 0 Å². The minimum Gasteiger partial charge on any atom is -0.431 e. The highest BCUT2D eigenvalue weighted by molar-refractivity contribution is 8.00. The highest BCUT2D eigenvalue weighted by Crippen LogP contribution is 2.40. The van der Waals surface area contributed by atoms with Crippen LogP contribution in [0.5, 0.6) is 0 Å². The van der Waals surface area contributed by atoms with Gasteiger partial charge in [0.05, 0.1) is 0 Å². The van der Waals surface area contributed by atoms with Crippen LogP contribution in [-0.2, 0) is 4.79 Å². The van der Waals surface area contributed by atoms with Crippen molar-refractivity contribution in [1.82, 2.24) is 4.98 Å². The maximum Gasteiger partial charge on any atom is 0.257 e. The van der Waals surface area contributed by atoms with Gasteiger partial charge >= 0.3 is 0 Å². The number of carbonyl (C=O) groups is 1. The van der Waals surface area contributed by atoms with E-state index in [1.165, 1.54) is 11.8 Å². The third kappa shape index (κ3) is 3.85. The lowest BCUT2D eigenvalue weighted by Gasteiger charge is -2.10. The van der Waals surface area contributed by atoms with Gasteiger partial charge in [0.2, 0.25) is 5.91 Å². The largest absolute Gasteiger partial charge is 0.431 e. The summed E-state index contributed by atoms with van der Waals surface area (Å²) in [6.07, 6.45) is 0. The van der Waals surface area contributed by atoms with E-state index >= 15 is 0 Å². The SMILES string of the molecule is NC(=O)[C@@H](Sc1nc(-c2ccccc2)c(-c2ccccc2)o1)c1ccccc1. The molecular weight excluding hydrogens is 368 g/mol. The smallest absolute Gasteiger partial charge is 0.257 e. The van der Waals surface area contributed by atoms with Gasteiger partial charge in [0.1, 0.15) is 10.9 Å². The molecule has 1 amide bonds. The molecule has 0 fully saturated rings. The molecule has 4 rings (SSSR count). The summed E-state index contributed by atoms with van der Waals surface area (Å²) in [6, 6.07) is 29.1. The Bertz CT molecular complexity index is 1010. The zero-order valence-electron chi connectivity index (χ0n) is 15.0. The summed E-state index contributed by atoms with van der Waals surface area (Å²) in [5.41, 5.74) is 9.09. The lowest BCUT2D eigenvalue weighted by Crippen LogP contribution is -2.18. The molecule has 0 aliphatic rings. The average Bonchev–Trinajstić information content (AvgIpc) is 3.18. The quantitative estimate of drug-likeness (QED) is 0.455.